The molecule has 1 aliphatic carbocycles. The Morgan fingerprint density at radius 3 is 2.89 bits per heavy atom. The molecule has 0 aliphatic heterocycles. The Balaban J connectivity index is 2.29. The number of hydrogen-bond acceptors (Lipinski definition) is 3. The summed E-state index contributed by atoms with van der Waals surface area (Å²) >= 11 is 0. The quantitative estimate of drug-likeness (QED) is 0.570. The van der Waals surface area contributed by atoms with Crippen molar-refractivity contribution in [1.29, 1.82) is 0 Å². The molecule has 0 fully saturated rings. The number of nitrogens with zero attached hydrogens (tertiary/aromatic N) is 2. The SMILES string of the molecule is O/N=C1/c2cnccc2CCc2c(F)cccc21. The molecule has 4 heteroatoms. The molecule has 1 aromatic heterocycles. The number of benzene rings is 1. The Morgan fingerprint density at radius 1 is 1.17 bits per heavy atom. The highest BCUT2D eigenvalue weighted by Crippen LogP contribution is 2.26. The second kappa shape index (κ2) is 4.22. The third-order valence-corrected chi connectivity index (χ3v) is 3.28. The van der Waals surface area contributed by atoms with Crippen LogP contribution in [-0.2, 0) is 12.8 Å². The molecule has 1 aliphatic rings. The average molecular weight is 242 g/mol. The first-order chi connectivity index (χ1) is 8.81. The molecule has 0 spiro atoms. The fraction of sp³-hybridized carbons (Fsp3) is 0.143. The predicted molar refractivity (Wildman–Crippen MR) is 65.5 cm³/mol. The maximum absolute atomic E-state index is 13.8. The van der Waals surface area contributed by atoms with Crippen molar-refractivity contribution in [3.63, 3.8) is 0 Å². The van der Waals surface area contributed by atoms with Gasteiger partial charge < -0.3 is 5.21 Å². The van der Waals surface area contributed by atoms with E-state index in [4.69, 9.17) is 0 Å². The van der Waals surface area contributed by atoms with Crippen molar-refractivity contribution in [3.8, 4) is 0 Å². The normalized spacial score (nSPS) is 15.9. The van der Waals surface area contributed by atoms with Crippen molar-refractivity contribution in [2.45, 2.75) is 12.8 Å². The number of fused-ring (bicyclic) bond motifs is 2. The van der Waals surface area contributed by atoms with E-state index < -0.39 is 0 Å². The van der Waals surface area contributed by atoms with Crippen molar-refractivity contribution < 1.29 is 9.60 Å². The highest BCUT2D eigenvalue weighted by Gasteiger charge is 2.22. The lowest BCUT2D eigenvalue weighted by Crippen LogP contribution is -2.07. The van der Waals surface area contributed by atoms with Gasteiger partial charge in [0.25, 0.3) is 0 Å². The summed E-state index contributed by atoms with van der Waals surface area (Å²) < 4.78 is 13.8. The van der Waals surface area contributed by atoms with Crippen molar-refractivity contribution in [2.24, 2.45) is 5.16 Å². The van der Waals surface area contributed by atoms with Crippen LogP contribution in [0.15, 0.2) is 41.8 Å². The predicted octanol–water partition coefficient (Wildman–Crippen LogP) is 2.55. The smallest absolute Gasteiger partial charge is 0.127 e. The monoisotopic (exact) mass is 242 g/mol. The Kier molecular flexibility index (Phi) is 2.55. The molecule has 3 rings (SSSR count). The fourth-order valence-electron chi connectivity index (χ4n) is 2.40. The van der Waals surface area contributed by atoms with Crippen LogP contribution in [0.2, 0.25) is 0 Å². The van der Waals surface area contributed by atoms with Gasteiger partial charge in [0, 0.05) is 23.5 Å². The number of aryl methyl sites for hydroxylation is 1. The van der Waals surface area contributed by atoms with Gasteiger partial charge in [0.2, 0.25) is 0 Å². The zero-order chi connectivity index (χ0) is 12.5. The van der Waals surface area contributed by atoms with Gasteiger partial charge in [0.1, 0.15) is 11.5 Å². The second-order valence-electron chi connectivity index (χ2n) is 4.25. The lowest BCUT2D eigenvalue weighted by molar-refractivity contribution is 0.319. The maximum atomic E-state index is 13.8. The lowest BCUT2D eigenvalue weighted by Gasteiger charge is -2.08. The molecule has 0 saturated heterocycles. The second-order valence-corrected chi connectivity index (χ2v) is 4.25. The van der Waals surface area contributed by atoms with Gasteiger partial charge in [-0.3, -0.25) is 4.98 Å². The number of aromatic nitrogens is 1. The van der Waals surface area contributed by atoms with E-state index in [0.717, 1.165) is 11.1 Å². The fourth-order valence-corrected chi connectivity index (χ4v) is 2.40. The molecule has 2 aromatic rings. The van der Waals surface area contributed by atoms with E-state index in [-0.39, 0.29) is 5.82 Å². The largest absolute Gasteiger partial charge is 0.410 e. The van der Waals surface area contributed by atoms with Crippen LogP contribution in [-0.4, -0.2) is 15.9 Å². The minimum atomic E-state index is -0.255. The van der Waals surface area contributed by atoms with E-state index in [1.165, 1.54) is 6.07 Å². The van der Waals surface area contributed by atoms with Gasteiger partial charge in [-0.05, 0) is 36.1 Å². The van der Waals surface area contributed by atoms with Gasteiger partial charge in [0.15, 0.2) is 0 Å². The molecule has 0 amide bonds. The van der Waals surface area contributed by atoms with E-state index in [1.807, 2.05) is 6.07 Å². The molecule has 18 heavy (non-hydrogen) atoms. The molecule has 3 nitrogen and oxygen atoms in total. The number of oxime groups is 1. The zero-order valence-electron chi connectivity index (χ0n) is 9.60. The molecular weight excluding hydrogens is 231 g/mol. The zero-order valence-corrected chi connectivity index (χ0v) is 9.60. The minimum Gasteiger partial charge on any atom is -0.410 e. The summed E-state index contributed by atoms with van der Waals surface area (Å²) in [6.07, 6.45) is 4.66. The van der Waals surface area contributed by atoms with Crippen LogP contribution in [0.3, 0.4) is 0 Å². The standard InChI is InChI=1S/C14H11FN2O/c15-13-3-1-2-11-10(13)5-4-9-6-7-16-8-12(9)14(11)17-18/h1-3,6-8,18H,4-5H2/b17-14+. The van der Waals surface area contributed by atoms with Crippen LogP contribution in [0.1, 0.15) is 22.3 Å². The van der Waals surface area contributed by atoms with Gasteiger partial charge in [-0.2, -0.15) is 0 Å². The van der Waals surface area contributed by atoms with E-state index >= 15 is 0 Å². The average Bonchev–Trinajstić information content (AvgIpc) is 2.56. The number of pyridine rings is 1. The Bertz CT molecular complexity index is 637. The van der Waals surface area contributed by atoms with Gasteiger partial charge in [-0.1, -0.05) is 17.3 Å². The van der Waals surface area contributed by atoms with Gasteiger partial charge in [-0.15, -0.1) is 0 Å². The van der Waals surface area contributed by atoms with Crippen molar-refractivity contribution in [1.82, 2.24) is 4.98 Å². The lowest BCUT2D eigenvalue weighted by atomic mass is 9.99. The van der Waals surface area contributed by atoms with Crippen LogP contribution in [0.25, 0.3) is 0 Å². The Morgan fingerprint density at radius 2 is 2.06 bits per heavy atom. The molecular formula is C14H11FN2O. The first-order valence-electron chi connectivity index (χ1n) is 5.74. The van der Waals surface area contributed by atoms with Gasteiger partial charge in [0.05, 0.1) is 0 Å². The molecule has 90 valence electrons. The van der Waals surface area contributed by atoms with Gasteiger partial charge >= 0.3 is 0 Å². The first kappa shape index (κ1) is 10.9. The molecule has 1 N–H and O–H groups in total. The highest BCUT2D eigenvalue weighted by molar-refractivity contribution is 6.14. The highest BCUT2D eigenvalue weighted by atomic mass is 19.1. The Labute approximate surface area is 104 Å². The molecule has 0 atom stereocenters. The summed E-state index contributed by atoms with van der Waals surface area (Å²) in [7, 11) is 0. The van der Waals surface area contributed by atoms with Crippen molar-refractivity contribution in [2.75, 3.05) is 0 Å². The maximum Gasteiger partial charge on any atom is 0.127 e. The van der Waals surface area contributed by atoms with Crippen molar-refractivity contribution >= 4 is 5.71 Å². The van der Waals surface area contributed by atoms with Crippen molar-refractivity contribution in [3.05, 3.63) is 64.7 Å². The topological polar surface area (TPSA) is 45.5 Å². The number of rotatable bonds is 0. The third kappa shape index (κ3) is 1.57. The summed E-state index contributed by atoms with van der Waals surface area (Å²) in [6, 6.07) is 6.71. The summed E-state index contributed by atoms with van der Waals surface area (Å²) in [4.78, 5) is 4.05. The van der Waals surface area contributed by atoms with Crippen LogP contribution in [0, 0.1) is 5.82 Å². The Hall–Kier alpha value is -2.23. The van der Waals surface area contributed by atoms with E-state index in [1.54, 1.807) is 24.5 Å². The first-order valence-corrected chi connectivity index (χ1v) is 5.74. The van der Waals surface area contributed by atoms with E-state index in [2.05, 4.69) is 10.1 Å². The summed E-state index contributed by atoms with van der Waals surface area (Å²) in [5.74, 6) is -0.255. The summed E-state index contributed by atoms with van der Waals surface area (Å²) in [5.41, 5.74) is 3.42. The number of halogens is 1. The van der Waals surface area contributed by atoms with Crippen LogP contribution in [0.5, 0.6) is 0 Å². The van der Waals surface area contributed by atoms with Crippen LogP contribution < -0.4 is 0 Å². The summed E-state index contributed by atoms with van der Waals surface area (Å²) in [6.45, 7) is 0. The molecule has 0 unspecified atom stereocenters. The number of hydrogen-bond donors (Lipinski definition) is 1. The minimum absolute atomic E-state index is 0.255. The molecule has 0 saturated carbocycles. The molecule has 0 radical (unpaired) electrons. The molecule has 1 heterocycles. The van der Waals surface area contributed by atoms with E-state index in [0.29, 0.717) is 29.7 Å². The van der Waals surface area contributed by atoms with Crippen LogP contribution in [0.4, 0.5) is 4.39 Å². The summed E-state index contributed by atoms with van der Waals surface area (Å²) in [5, 5.41) is 12.6. The third-order valence-electron chi connectivity index (χ3n) is 3.28. The molecule has 0 bridgehead atoms. The van der Waals surface area contributed by atoms with Crippen LogP contribution >= 0.6 is 0 Å². The van der Waals surface area contributed by atoms with E-state index in [9.17, 15) is 9.60 Å². The molecule has 1 aromatic carbocycles. The van der Waals surface area contributed by atoms with Gasteiger partial charge in [-0.25, -0.2) is 4.39 Å².